The highest BCUT2D eigenvalue weighted by Gasteiger charge is 2.18. The molecule has 5 nitrogen and oxygen atoms in total. The van der Waals surface area contributed by atoms with Gasteiger partial charge in [0.15, 0.2) is 0 Å². The van der Waals surface area contributed by atoms with E-state index in [9.17, 15) is 4.79 Å². The fourth-order valence-corrected chi connectivity index (χ4v) is 1.29. The third-order valence-corrected chi connectivity index (χ3v) is 2.16. The number of hydrogen-bond acceptors (Lipinski definition) is 6. The highest BCUT2D eigenvalue weighted by Crippen LogP contribution is 2.03. The highest BCUT2D eigenvalue weighted by molar-refractivity contribution is 7.23. The van der Waals surface area contributed by atoms with Gasteiger partial charge in [0.05, 0.1) is 11.9 Å². The number of hydrogen-bond donors (Lipinski definition) is 2. The summed E-state index contributed by atoms with van der Waals surface area (Å²) in [7, 11) is -0.348. The molecule has 0 unspecified atom stereocenters. The van der Waals surface area contributed by atoms with E-state index < -0.39 is 13.1 Å². The number of methoxy groups -OCH3 is 1. The molecule has 0 aliphatic carbocycles. The minimum absolute atomic E-state index is 0.112. The van der Waals surface area contributed by atoms with Crippen molar-refractivity contribution in [1.82, 2.24) is 4.98 Å². The quantitative estimate of drug-likeness (QED) is 0.440. The number of ether oxygens (including phenoxy) is 1. The van der Waals surface area contributed by atoms with Crippen LogP contribution in [0.5, 0.6) is 0 Å². The fourth-order valence-electron chi connectivity index (χ4n) is 0.588. The Kier molecular flexibility index (Phi) is 2.80. The summed E-state index contributed by atoms with van der Waals surface area (Å²) in [6.45, 7) is 0. The fraction of sp³-hybridized carbons (Fsp3) is 0.200. The summed E-state index contributed by atoms with van der Waals surface area (Å²) in [6, 6.07) is 0. The van der Waals surface area contributed by atoms with Crippen LogP contribution in [0.15, 0.2) is 6.20 Å². The van der Waals surface area contributed by atoms with Gasteiger partial charge in [-0.1, -0.05) is 0 Å². The first-order chi connectivity index (χ1) is 5.65. The van der Waals surface area contributed by atoms with Gasteiger partial charge in [0.1, 0.15) is 0 Å². The molecule has 1 rings (SSSR count). The SMILES string of the molecule is COC(=O)c1ncc(B(O)O)s1. The molecule has 0 amide bonds. The second-order valence-corrected chi connectivity index (χ2v) is 3.00. The Bertz CT molecular complexity index is 287. The van der Waals surface area contributed by atoms with Crippen molar-refractivity contribution in [3.63, 3.8) is 0 Å². The summed E-state index contributed by atoms with van der Waals surface area (Å²) in [5.74, 6) is -0.577. The zero-order chi connectivity index (χ0) is 9.14. The molecule has 0 atom stereocenters. The molecular weight excluding hydrogens is 181 g/mol. The normalized spacial score (nSPS) is 9.58. The lowest BCUT2D eigenvalue weighted by molar-refractivity contribution is 0.0600. The van der Waals surface area contributed by atoms with Gasteiger partial charge < -0.3 is 14.8 Å². The van der Waals surface area contributed by atoms with Crippen LogP contribution in [0.25, 0.3) is 0 Å². The van der Waals surface area contributed by atoms with Crippen molar-refractivity contribution in [1.29, 1.82) is 0 Å². The van der Waals surface area contributed by atoms with Gasteiger partial charge in [0.25, 0.3) is 0 Å². The lowest BCUT2D eigenvalue weighted by Gasteiger charge is -1.90. The van der Waals surface area contributed by atoms with E-state index in [1.54, 1.807) is 0 Å². The van der Waals surface area contributed by atoms with Crippen molar-refractivity contribution in [2.45, 2.75) is 0 Å². The second-order valence-electron chi connectivity index (χ2n) is 1.93. The summed E-state index contributed by atoms with van der Waals surface area (Å²) >= 11 is 0.888. The third-order valence-electron chi connectivity index (χ3n) is 1.14. The summed E-state index contributed by atoms with van der Waals surface area (Å²) in [6.07, 6.45) is 1.22. The Morgan fingerprint density at radius 1 is 1.75 bits per heavy atom. The maximum atomic E-state index is 10.8. The van der Waals surface area contributed by atoms with Crippen LogP contribution >= 0.6 is 11.3 Å². The van der Waals surface area contributed by atoms with E-state index in [1.807, 2.05) is 0 Å². The first-order valence-corrected chi connectivity index (χ1v) is 3.87. The van der Waals surface area contributed by atoms with Crippen molar-refractivity contribution < 1.29 is 19.6 Å². The summed E-state index contributed by atoms with van der Waals surface area (Å²) in [4.78, 5) is 14.4. The van der Waals surface area contributed by atoms with Crippen LogP contribution in [-0.2, 0) is 4.74 Å². The van der Waals surface area contributed by atoms with Crippen LogP contribution in [0.4, 0.5) is 0 Å². The Hall–Kier alpha value is -0.915. The molecule has 0 aliphatic heterocycles. The van der Waals surface area contributed by atoms with Crippen molar-refractivity contribution >= 4 is 29.2 Å². The summed E-state index contributed by atoms with van der Waals surface area (Å²) in [5, 5.41) is 17.4. The predicted octanol–water partition coefficient (Wildman–Crippen LogP) is -1.39. The van der Waals surface area contributed by atoms with E-state index in [1.165, 1.54) is 13.3 Å². The number of aromatic nitrogens is 1. The van der Waals surface area contributed by atoms with Crippen molar-refractivity contribution in [2.75, 3.05) is 7.11 Å². The van der Waals surface area contributed by atoms with E-state index in [4.69, 9.17) is 10.0 Å². The Balaban J connectivity index is 2.84. The van der Waals surface area contributed by atoms with Gasteiger partial charge in [-0.3, -0.25) is 0 Å². The minimum Gasteiger partial charge on any atom is -0.464 e. The molecule has 1 heterocycles. The monoisotopic (exact) mass is 187 g/mol. The topological polar surface area (TPSA) is 79.7 Å². The number of esters is 1. The average Bonchev–Trinajstić information content (AvgIpc) is 2.51. The van der Waals surface area contributed by atoms with E-state index in [-0.39, 0.29) is 9.78 Å². The van der Waals surface area contributed by atoms with Crippen LogP contribution in [0, 0.1) is 0 Å². The smallest absolute Gasteiger partial charge is 0.464 e. The Labute approximate surface area is 72.8 Å². The van der Waals surface area contributed by atoms with E-state index in [0.717, 1.165) is 11.3 Å². The standard InChI is InChI=1S/C5H6BNO4S/c1-11-5(8)4-7-2-3(12-4)6(9)10/h2,9-10H,1H3. The van der Waals surface area contributed by atoms with Crippen LogP contribution in [-0.4, -0.2) is 35.2 Å². The molecule has 0 spiro atoms. The van der Waals surface area contributed by atoms with Gasteiger partial charge in [0, 0.05) is 6.20 Å². The molecule has 2 N–H and O–H groups in total. The molecule has 12 heavy (non-hydrogen) atoms. The molecule has 0 saturated carbocycles. The zero-order valence-corrected chi connectivity index (χ0v) is 7.04. The van der Waals surface area contributed by atoms with E-state index in [2.05, 4.69) is 9.72 Å². The highest BCUT2D eigenvalue weighted by atomic mass is 32.1. The van der Waals surface area contributed by atoms with Gasteiger partial charge in [-0.05, 0) is 0 Å². The van der Waals surface area contributed by atoms with Gasteiger partial charge in [-0.2, -0.15) is 0 Å². The maximum Gasteiger partial charge on any atom is 0.500 e. The number of rotatable bonds is 2. The molecule has 7 heteroatoms. The largest absolute Gasteiger partial charge is 0.500 e. The van der Waals surface area contributed by atoms with Gasteiger partial charge in [-0.25, -0.2) is 9.78 Å². The average molecular weight is 187 g/mol. The van der Waals surface area contributed by atoms with Crippen LogP contribution < -0.4 is 4.78 Å². The summed E-state index contributed by atoms with van der Waals surface area (Å²) < 4.78 is 4.59. The molecule has 0 aromatic carbocycles. The third kappa shape index (κ3) is 1.82. The van der Waals surface area contributed by atoms with Gasteiger partial charge >= 0.3 is 13.1 Å². The minimum atomic E-state index is -1.58. The Morgan fingerprint density at radius 3 is 2.83 bits per heavy atom. The van der Waals surface area contributed by atoms with Crippen molar-refractivity contribution in [3.05, 3.63) is 11.2 Å². The second kappa shape index (κ2) is 3.66. The summed E-state index contributed by atoms with van der Waals surface area (Å²) in [5.41, 5.74) is 0. The van der Waals surface area contributed by atoms with Gasteiger partial charge in [-0.15, -0.1) is 11.3 Å². The lowest BCUT2D eigenvalue weighted by atomic mass is 9.91. The molecule has 0 aliphatic rings. The van der Waals surface area contributed by atoms with E-state index in [0.29, 0.717) is 0 Å². The molecule has 0 bridgehead atoms. The number of carbonyl (C=O) groups is 1. The predicted molar refractivity (Wildman–Crippen MR) is 43.3 cm³/mol. The molecule has 1 aromatic rings. The van der Waals surface area contributed by atoms with Crippen LogP contribution in [0.2, 0.25) is 0 Å². The lowest BCUT2D eigenvalue weighted by Crippen LogP contribution is -2.26. The number of carbonyl (C=O) groups excluding carboxylic acids is 1. The first kappa shape index (κ1) is 9.18. The molecule has 0 saturated heterocycles. The van der Waals surface area contributed by atoms with E-state index >= 15 is 0 Å². The zero-order valence-electron chi connectivity index (χ0n) is 6.22. The maximum absolute atomic E-state index is 10.8. The van der Waals surface area contributed by atoms with Crippen LogP contribution in [0.3, 0.4) is 0 Å². The van der Waals surface area contributed by atoms with Crippen molar-refractivity contribution in [2.24, 2.45) is 0 Å². The molecule has 0 radical (unpaired) electrons. The molecule has 1 aromatic heterocycles. The number of thiazole rings is 1. The Morgan fingerprint density at radius 2 is 2.42 bits per heavy atom. The molecule has 0 fully saturated rings. The van der Waals surface area contributed by atoms with Gasteiger partial charge in [0.2, 0.25) is 5.01 Å². The first-order valence-electron chi connectivity index (χ1n) is 3.05. The molecule has 64 valence electrons. The molecular formula is C5H6BNO4S. The van der Waals surface area contributed by atoms with Crippen LogP contribution in [0.1, 0.15) is 9.80 Å². The van der Waals surface area contributed by atoms with Crippen molar-refractivity contribution in [3.8, 4) is 0 Å². The number of nitrogens with zero attached hydrogens (tertiary/aromatic N) is 1.